The van der Waals surface area contributed by atoms with Crippen LogP contribution in [0.4, 0.5) is 28.6 Å². The average molecular weight is 885 g/mol. The van der Waals surface area contributed by atoms with Gasteiger partial charge >= 0.3 is 0 Å². The summed E-state index contributed by atoms with van der Waals surface area (Å²) in [6.45, 7) is 13.7. The van der Waals surface area contributed by atoms with Crippen molar-refractivity contribution in [2.45, 2.75) is 71.4 Å². The Kier molecular flexibility index (Phi) is 11.2. The zero-order valence-corrected chi connectivity index (χ0v) is 39.8. The number of allylic oxidation sites excluding steroid dienone is 2. The molecule has 0 fully saturated rings. The van der Waals surface area contributed by atoms with Crippen LogP contribution in [0.1, 0.15) is 82.0 Å². The molecule has 334 valence electrons. The zero-order valence-electron chi connectivity index (χ0n) is 39.8. The lowest BCUT2D eigenvalue weighted by atomic mass is 9.85. The van der Waals surface area contributed by atoms with Gasteiger partial charge in [-0.2, -0.15) is 4.57 Å². The molecule has 9 aromatic rings. The number of benzene rings is 7. The van der Waals surface area contributed by atoms with Crippen LogP contribution < -0.4 is 9.80 Å². The molecule has 0 spiro atoms. The third-order valence-corrected chi connectivity index (χ3v) is 14.0. The Bertz CT molecular complexity index is 3270. The first-order valence-electron chi connectivity index (χ1n) is 24.3. The van der Waals surface area contributed by atoms with Crippen LogP contribution in [0.3, 0.4) is 0 Å². The number of imidazole rings is 1. The highest BCUT2D eigenvalue weighted by Gasteiger charge is 2.39. The molecular weight excluding hydrogens is 827 g/mol. The van der Waals surface area contributed by atoms with E-state index >= 15 is 0 Å². The van der Waals surface area contributed by atoms with Crippen molar-refractivity contribution in [1.29, 1.82) is 0 Å². The molecule has 2 unspecified atom stereocenters. The first-order valence-corrected chi connectivity index (χ1v) is 24.3. The van der Waals surface area contributed by atoms with E-state index in [1.807, 2.05) is 6.20 Å². The maximum absolute atomic E-state index is 5.22. The highest BCUT2D eigenvalue weighted by atomic mass is 15.2. The Morgan fingerprint density at radius 2 is 1.16 bits per heavy atom. The molecule has 7 aromatic carbocycles. The molecule has 0 radical (unpaired) electrons. The van der Waals surface area contributed by atoms with Gasteiger partial charge < -0.3 is 9.80 Å². The van der Waals surface area contributed by atoms with Gasteiger partial charge in [0.15, 0.2) is 17.4 Å². The monoisotopic (exact) mass is 884 g/mol. The van der Waals surface area contributed by atoms with Crippen LogP contribution >= 0.6 is 0 Å². The summed E-state index contributed by atoms with van der Waals surface area (Å²) in [5.74, 6) is 1.87. The highest BCUT2D eigenvalue weighted by Crippen LogP contribution is 2.53. The van der Waals surface area contributed by atoms with Gasteiger partial charge in [0.05, 0.1) is 23.5 Å². The summed E-state index contributed by atoms with van der Waals surface area (Å²) in [4.78, 5) is 10.2. The molecule has 0 N–H and O–H groups in total. The van der Waals surface area contributed by atoms with E-state index in [2.05, 4.69) is 267 Å². The van der Waals surface area contributed by atoms with E-state index in [-0.39, 0.29) is 12.0 Å². The van der Waals surface area contributed by atoms with Crippen molar-refractivity contribution in [3.63, 3.8) is 0 Å². The number of para-hydroxylation sites is 3. The normalized spacial score (nSPS) is 15.2. The van der Waals surface area contributed by atoms with Crippen molar-refractivity contribution >= 4 is 39.6 Å². The van der Waals surface area contributed by atoms with Crippen LogP contribution in [0.15, 0.2) is 213 Å². The maximum atomic E-state index is 5.22. The van der Waals surface area contributed by atoms with Crippen molar-refractivity contribution in [3.8, 4) is 39.1 Å². The minimum atomic E-state index is 0.0702. The summed E-state index contributed by atoms with van der Waals surface area (Å²) in [6, 6.07) is 65.1. The van der Waals surface area contributed by atoms with Gasteiger partial charge in [-0.3, -0.25) is 0 Å². The van der Waals surface area contributed by atoms with Crippen molar-refractivity contribution in [2.75, 3.05) is 9.80 Å². The topological polar surface area (TPSA) is 29.2 Å². The second-order valence-electron chi connectivity index (χ2n) is 19.2. The van der Waals surface area contributed by atoms with Crippen molar-refractivity contribution in [3.05, 3.63) is 229 Å². The van der Waals surface area contributed by atoms with Crippen LogP contribution in [-0.2, 0) is 0 Å². The number of anilines is 5. The molecule has 5 nitrogen and oxygen atoms in total. The lowest BCUT2D eigenvalue weighted by Gasteiger charge is -2.32. The predicted molar refractivity (Wildman–Crippen MR) is 286 cm³/mol. The minimum Gasteiger partial charge on any atom is -0.318 e. The Balaban J connectivity index is 1.15. The van der Waals surface area contributed by atoms with Gasteiger partial charge in [-0.1, -0.05) is 155 Å². The molecule has 2 aromatic heterocycles. The molecular formula is C63H58N5+. The molecule has 0 saturated carbocycles. The first-order chi connectivity index (χ1) is 33.2. The van der Waals surface area contributed by atoms with Crippen molar-refractivity contribution < 1.29 is 0 Å². The fourth-order valence-corrected chi connectivity index (χ4v) is 10.7. The lowest BCUT2D eigenvalue weighted by Crippen LogP contribution is -2.29. The molecule has 0 amide bonds. The summed E-state index contributed by atoms with van der Waals surface area (Å²) in [7, 11) is 0. The molecule has 0 bridgehead atoms. The Hall–Kier alpha value is -7.76. The van der Waals surface area contributed by atoms with Crippen molar-refractivity contribution in [1.82, 2.24) is 14.1 Å². The van der Waals surface area contributed by atoms with E-state index in [4.69, 9.17) is 4.98 Å². The quantitative estimate of drug-likeness (QED) is 0.121. The zero-order chi connectivity index (χ0) is 46.5. The first kappa shape index (κ1) is 42.8. The van der Waals surface area contributed by atoms with Gasteiger partial charge in [0.25, 0.3) is 0 Å². The van der Waals surface area contributed by atoms with Crippen LogP contribution in [-0.4, -0.2) is 20.2 Å². The Morgan fingerprint density at radius 3 is 1.84 bits per heavy atom. The van der Waals surface area contributed by atoms with Crippen LogP contribution in [0.25, 0.3) is 50.1 Å². The summed E-state index contributed by atoms with van der Waals surface area (Å²) < 4.78 is 4.70. The average Bonchev–Trinajstić information content (AvgIpc) is 3.93. The predicted octanol–water partition coefficient (Wildman–Crippen LogP) is 17.1. The van der Waals surface area contributed by atoms with Gasteiger partial charge in [0.2, 0.25) is 0 Å². The largest absolute Gasteiger partial charge is 0.318 e. The molecule has 1 aliphatic heterocycles. The number of aromatic nitrogens is 3. The standard InChI is InChI=1S/C63H58N5/c1-42(2)51-27-18-28-52(43(3)4)62(51)47-36-37-64-61(38-47)68-57-31-14-13-26-55(57)56-35-34-50(40-60(56)68)67(49-25-17-24-48(39-49)66-41-65(44(5)6)58-32-15-16-33-59(58)66)63-53(45-20-9-7-10-21-45)29-19-30-54(63)46-22-11-8-12-23-46/h7-44,55,57H,1-6H3/q+1. The molecule has 5 heteroatoms. The molecule has 2 aliphatic rings. The van der Waals surface area contributed by atoms with Gasteiger partial charge in [-0.05, 0) is 113 Å². The van der Waals surface area contributed by atoms with E-state index in [0.717, 1.165) is 56.5 Å². The smallest absolute Gasteiger partial charge is 0.191 e. The number of fused-ring (bicyclic) bond motifs is 4. The summed E-state index contributed by atoms with van der Waals surface area (Å²) in [5, 5.41) is 0. The van der Waals surface area contributed by atoms with Gasteiger partial charge in [0, 0.05) is 58.9 Å². The number of hydrogen-bond donors (Lipinski definition) is 0. The summed E-state index contributed by atoms with van der Waals surface area (Å²) in [5.41, 5.74) is 19.1. The number of hydrogen-bond acceptors (Lipinski definition) is 3. The molecule has 68 heavy (non-hydrogen) atoms. The van der Waals surface area contributed by atoms with Gasteiger partial charge in [-0.15, -0.1) is 0 Å². The molecule has 11 rings (SSSR count). The Morgan fingerprint density at radius 1 is 0.544 bits per heavy atom. The van der Waals surface area contributed by atoms with E-state index < -0.39 is 0 Å². The van der Waals surface area contributed by atoms with E-state index in [9.17, 15) is 0 Å². The Labute approximate surface area is 401 Å². The number of rotatable bonds is 11. The van der Waals surface area contributed by atoms with Crippen LogP contribution in [0.2, 0.25) is 0 Å². The number of pyridine rings is 1. The van der Waals surface area contributed by atoms with Crippen LogP contribution in [0, 0.1) is 0 Å². The SMILES string of the molecule is CC(C)c1cccc(C(C)C)c1-c1ccnc(N2c3cc(N(c4cccc(-n5[cH+]n(C(C)C)c6ccccc65)c4)c4c(-c5ccccc5)cccc4-c4ccccc4)ccc3C3C=CC=CC32)c1. The third kappa shape index (κ3) is 7.53. The third-order valence-electron chi connectivity index (χ3n) is 14.0. The summed E-state index contributed by atoms with van der Waals surface area (Å²) >= 11 is 0. The van der Waals surface area contributed by atoms with E-state index in [0.29, 0.717) is 17.9 Å². The van der Waals surface area contributed by atoms with E-state index in [1.165, 1.54) is 38.9 Å². The molecule has 2 atom stereocenters. The van der Waals surface area contributed by atoms with Gasteiger partial charge in [-0.25, -0.2) is 9.55 Å². The van der Waals surface area contributed by atoms with Crippen LogP contribution in [0.5, 0.6) is 0 Å². The fourth-order valence-electron chi connectivity index (χ4n) is 10.7. The summed E-state index contributed by atoms with van der Waals surface area (Å²) in [6.07, 6.45) is 13.4. The second kappa shape index (κ2) is 17.8. The molecule has 1 aliphatic carbocycles. The highest BCUT2D eigenvalue weighted by molar-refractivity contribution is 5.98. The molecule has 0 saturated heterocycles. The maximum Gasteiger partial charge on any atom is 0.191 e. The number of nitrogens with zero attached hydrogens (tertiary/aromatic N) is 5. The van der Waals surface area contributed by atoms with Crippen molar-refractivity contribution in [2.24, 2.45) is 0 Å². The fraction of sp³-hybridized carbons (Fsp3) is 0.175. The molecule has 3 heterocycles. The van der Waals surface area contributed by atoms with E-state index in [1.54, 1.807) is 0 Å². The minimum absolute atomic E-state index is 0.0702. The lowest BCUT2D eigenvalue weighted by molar-refractivity contribution is 0.612. The van der Waals surface area contributed by atoms with Gasteiger partial charge in [0.1, 0.15) is 11.5 Å². The second-order valence-corrected chi connectivity index (χ2v) is 19.2.